The van der Waals surface area contributed by atoms with E-state index in [1.54, 1.807) is 0 Å². The highest BCUT2D eigenvalue weighted by Crippen LogP contribution is 2.19. The van der Waals surface area contributed by atoms with E-state index in [0.29, 0.717) is 19.1 Å². The maximum Gasteiger partial charge on any atom is 0.304 e. The molecule has 1 heterocycles. The van der Waals surface area contributed by atoms with E-state index in [0.717, 1.165) is 13.0 Å². The molecule has 1 aliphatic rings. The molecule has 1 unspecified atom stereocenters. The van der Waals surface area contributed by atoms with E-state index in [1.807, 2.05) is 0 Å². The minimum Gasteiger partial charge on any atom is -0.481 e. The maximum absolute atomic E-state index is 10.5. The molecule has 1 fully saturated rings. The zero-order valence-corrected chi connectivity index (χ0v) is 8.61. The van der Waals surface area contributed by atoms with Gasteiger partial charge in [-0.3, -0.25) is 9.69 Å². The van der Waals surface area contributed by atoms with E-state index in [4.69, 9.17) is 10.8 Å². The van der Waals surface area contributed by atoms with Gasteiger partial charge in [0.25, 0.3) is 0 Å². The molecular formula is C10H20N2O2. The van der Waals surface area contributed by atoms with Gasteiger partial charge in [0.05, 0.1) is 6.42 Å². The largest absolute Gasteiger partial charge is 0.481 e. The summed E-state index contributed by atoms with van der Waals surface area (Å²) in [4.78, 5) is 12.7. The lowest BCUT2D eigenvalue weighted by molar-refractivity contribution is -0.137. The lowest BCUT2D eigenvalue weighted by Crippen LogP contribution is -2.41. The monoisotopic (exact) mass is 200 g/mol. The summed E-state index contributed by atoms with van der Waals surface area (Å²) in [5.74, 6) is -0.706. The summed E-state index contributed by atoms with van der Waals surface area (Å²) in [6, 6.07) is 0.521. The SMILES string of the molecule is NCCC1CCCCN1CCC(=O)O. The molecule has 0 saturated carbocycles. The first kappa shape index (κ1) is 11.5. The quantitative estimate of drug-likeness (QED) is 0.684. The van der Waals surface area contributed by atoms with Crippen molar-refractivity contribution in [3.63, 3.8) is 0 Å². The Balaban J connectivity index is 2.33. The second-order valence-electron chi connectivity index (χ2n) is 3.91. The van der Waals surface area contributed by atoms with E-state index >= 15 is 0 Å². The molecule has 0 aliphatic carbocycles. The van der Waals surface area contributed by atoms with Gasteiger partial charge in [-0.2, -0.15) is 0 Å². The average molecular weight is 200 g/mol. The number of nitrogens with two attached hydrogens (primary N) is 1. The zero-order valence-electron chi connectivity index (χ0n) is 8.61. The molecule has 3 N–H and O–H groups in total. The van der Waals surface area contributed by atoms with Crippen LogP contribution in [-0.4, -0.2) is 41.7 Å². The predicted octanol–water partition coefficient (Wildman–Crippen LogP) is 0.664. The van der Waals surface area contributed by atoms with E-state index in [1.165, 1.54) is 19.3 Å². The standard InChI is InChI=1S/C10H20N2O2/c11-6-4-9-3-1-2-7-12(9)8-5-10(13)14/h9H,1-8,11H2,(H,13,14). The molecule has 4 nitrogen and oxygen atoms in total. The van der Waals surface area contributed by atoms with Gasteiger partial charge in [-0.1, -0.05) is 6.42 Å². The number of nitrogens with zero attached hydrogens (tertiary/aromatic N) is 1. The van der Waals surface area contributed by atoms with Crippen molar-refractivity contribution >= 4 is 5.97 Å². The number of likely N-dealkylation sites (tertiary alicyclic amines) is 1. The number of carbonyl (C=O) groups is 1. The van der Waals surface area contributed by atoms with E-state index in [9.17, 15) is 4.79 Å². The Labute approximate surface area is 85.1 Å². The Morgan fingerprint density at radius 1 is 1.50 bits per heavy atom. The molecule has 0 amide bonds. The van der Waals surface area contributed by atoms with Gasteiger partial charge in [-0.25, -0.2) is 0 Å². The highest BCUT2D eigenvalue weighted by atomic mass is 16.4. The van der Waals surface area contributed by atoms with Crippen LogP contribution in [0.25, 0.3) is 0 Å². The van der Waals surface area contributed by atoms with E-state index in [2.05, 4.69) is 4.90 Å². The molecular weight excluding hydrogens is 180 g/mol. The third-order valence-corrected chi connectivity index (χ3v) is 2.86. The van der Waals surface area contributed by atoms with Gasteiger partial charge in [0.15, 0.2) is 0 Å². The molecule has 4 heteroatoms. The van der Waals surface area contributed by atoms with Crippen molar-refractivity contribution in [1.82, 2.24) is 4.90 Å². The molecule has 0 spiro atoms. The van der Waals surface area contributed by atoms with Crippen LogP contribution in [0.3, 0.4) is 0 Å². The van der Waals surface area contributed by atoms with Crippen LogP contribution in [0.5, 0.6) is 0 Å². The van der Waals surface area contributed by atoms with Gasteiger partial charge in [-0.05, 0) is 32.4 Å². The predicted molar refractivity (Wildman–Crippen MR) is 55.1 cm³/mol. The second kappa shape index (κ2) is 5.98. The molecule has 14 heavy (non-hydrogen) atoms. The molecule has 0 bridgehead atoms. The first-order chi connectivity index (χ1) is 6.74. The number of piperidine rings is 1. The molecule has 1 aliphatic heterocycles. The van der Waals surface area contributed by atoms with Gasteiger partial charge in [0, 0.05) is 12.6 Å². The number of carboxylic acid groups (broad SMARTS) is 1. The van der Waals surface area contributed by atoms with Gasteiger partial charge >= 0.3 is 5.97 Å². The van der Waals surface area contributed by atoms with E-state index in [-0.39, 0.29) is 6.42 Å². The lowest BCUT2D eigenvalue weighted by atomic mass is 9.99. The van der Waals surface area contributed by atoms with Gasteiger partial charge in [0.2, 0.25) is 0 Å². The van der Waals surface area contributed by atoms with Crippen LogP contribution in [-0.2, 0) is 4.79 Å². The molecule has 0 aromatic carbocycles. The topological polar surface area (TPSA) is 66.6 Å². The Bertz CT molecular complexity index is 183. The number of rotatable bonds is 5. The third kappa shape index (κ3) is 3.64. The maximum atomic E-state index is 10.5. The van der Waals surface area contributed by atoms with Crippen molar-refractivity contribution in [3.05, 3.63) is 0 Å². The number of hydrogen-bond donors (Lipinski definition) is 2. The molecule has 0 aromatic rings. The minimum absolute atomic E-state index is 0.251. The summed E-state index contributed by atoms with van der Waals surface area (Å²) < 4.78 is 0. The van der Waals surface area contributed by atoms with E-state index < -0.39 is 5.97 Å². The van der Waals surface area contributed by atoms with Crippen LogP contribution in [0.15, 0.2) is 0 Å². The first-order valence-electron chi connectivity index (χ1n) is 5.40. The highest BCUT2D eigenvalue weighted by molar-refractivity contribution is 5.66. The lowest BCUT2D eigenvalue weighted by Gasteiger charge is -2.35. The summed E-state index contributed by atoms with van der Waals surface area (Å²) >= 11 is 0. The molecule has 0 aromatic heterocycles. The minimum atomic E-state index is -0.706. The average Bonchev–Trinajstić information content (AvgIpc) is 2.17. The van der Waals surface area contributed by atoms with Crippen LogP contribution in [0.2, 0.25) is 0 Å². The Morgan fingerprint density at radius 3 is 2.93 bits per heavy atom. The molecule has 82 valence electrons. The normalized spacial score (nSPS) is 23.6. The Kier molecular flexibility index (Phi) is 4.90. The van der Waals surface area contributed by atoms with Crippen LogP contribution in [0.1, 0.15) is 32.1 Å². The third-order valence-electron chi connectivity index (χ3n) is 2.86. The van der Waals surface area contributed by atoms with Gasteiger partial charge < -0.3 is 10.8 Å². The van der Waals surface area contributed by atoms with Crippen molar-refractivity contribution in [2.45, 2.75) is 38.1 Å². The second-order valence-corrected chi connectivity index (χ2v) is 3.91. The fourth-order valence-electron chi connectivity index (χ4n) is 2.11. The van der Waals surface area contributed by atoms with Crippen molar-refractivity contribution < 1.29 is 9.90 Å². The van der Waals surface area contributed by atoms with Crippen LogP contribution < -0.4 is 5.73 Å². The molecule has 1 saturated heterocycles. The number of aliphatic carboxylic acids is 1. The first-order valence-corrected chi connectivity index (χ1v) is 5.40. The summed E-state index contributed by atoms with van der Waals surface area (Å²) in [5, 5.41) is 8.61. The fraction of sp³-hybridized carbons (Fsp3) is 0.900. The molecule has 1 atom stereocenters. The fourth-order valence-corrected chi connectivity index (χ4v) is 2.11. The van der Waals surface area contributed by atoms with Gasteiger partial charge in [0.1, 0.15) is 0 Å². The summed E-state index contributed by atoms with van der Waals surface area (Å²) in [7, 11) is 0. The summed E-state index contributed by atoms with van der Waals surface area (Å²) in [5.41, 5.74) is 5.53. The zero-order chi connectivity index (χ0) is 10.4. The van der Waals surface area contributed by atoms with Crippen molar-refractivity contribution in [1.29, 1.82) is 0 Å². The Morgan fingerprint density at radius 2 is 2.29 bits per heavy atom. The summed E-state index contributed by atoms with van der Waals surface area (Å²) in [6.07, 6.45) is 4.88. The highest BCUT2D eigenvalue weighted by Gasteiger charge is 2.21. The van der Waals surface area contributed by atoms with Crippen LogP contribution in [0.4, 0.5) is 0 Å². The molecule has 1 rings (SSSR count). The Hall–Kier alpha value is -0.610. The number of carboxylic acids is 1. The smallest absolute Gasteiger partial charge is 0.304 e. The number of hydrogen-bond acceptors (Lipinski definition) is 3. The van der Waals surface area contributed by atoms with Crippen molar-refractivity contribution in [2.75, 3.05) is 19.6 Å². The van der Waals surface area contributed by atoms with Gasteiger partial charge in [-0.15, -0.1) is 0 Å². The molecule has 0 radical (unpaired) electrons. The van der Waals surface area contributed by atoms with Crippen LogP contribution in [0, 0.1) is 0 Å². The summed E-state index contributed by atoms with van der Waals surface area (Å²) in [6.45, 7) is 2.42. The van der Waals surface area contributed by atoms with Crippen molar-refractivity contribution in [2.24, 2.45) is 5.73 Å². The van der Waals surface area contributed by atoms with Crippen molar-refractivity contribution in [3.8, 4) is 0 Å². The van der Waals surface area contributed by atoms with Crippen LogP contribution >= 0.6 is 0 Å².